The normalized spacial score (nSPS) is 15.9. The molecule has 0 spiro atoms. The number of amides is 2. The second kappa shape index (κ2) is 10.7. The van der Waals surface area contributed by atoms with E-state index in [-0.39, 0.29) is 11.9 Å². The quantitative estimate of drug-likeness (QED) is 0.473. The van der Waals surface area contributed by atoms with Crippen LogP contribution in [0.25, 0.3) is 11.1 Å². The molecule has 2 heterocycles. The van der Waals surface area contributed by atoms with Gasteiger partial charge in [-0.1, -0.05) is 18.2 Å². The predicted octanol–water partition coefficient (Wildman–Crippen LogP) is 4.58. The SMILES string of the molecule is CCN(c1ncc(-c2ccc(NC(=O)Nc3cccc(C(F)(F)F)c3)cc2)cn1)C1CNCCO1. The number of carbonyl (C=O) groups excluding carboxylic acids is 1. The summed E-state index contributed by atoms with van der Waals surface area (Å²) < 4.78 is 44.3. The van der Waals surface area contributed by atoms with Gasteiger partial charge in [0.2, 0.25) is 5.95 Å². The van der Waals surface area contributed by atoms with E-state index in [2.05, 4.69) is 25.9 Å². The zero-order valence-corrected chi connectivity index (χ0v) is 19.0. The fourth-order valence-corrected chi connectivity index (χ4v) is 3.66. The van der Waals surface area contributed by atoms with Crippen molar-refractivity contribution in [3.8, 4) is 11.1 Å². The first-order valence-corrected chi connectivity index (χ1v) is 11.1. The summed E-state index contributed by atoms with van der Waals surface area (Å²) in [4.78, 5) is 23.2. The summed E-state index contributed by atoms with van der Waals surface area (Å²) in [5.74, 6) is 0.578. The number of rotatable bonds is 6. The van der Waals surface area contributed by atoms with Crippen LogP contribution in [-0.4, -0.2) is 48.5 Å². The van der Waals surface area contributed by atoms with Crippen LogP contribution in [0.15, 0.2) is 60.9 Å². The maximum Gasteiger partial charge on any atom is 0.416 e. The summed E-state index contributed by atoms with van der Waals surface area (Å²) in [7, 11) is 0. The van der Waals surface area contributed by atoms with Crippen LogP contribution < -0.4 is 20.9 Å². The highest BCUT2D eigenvalue weighted by Crippen LogP contribution is 2.30. The molecule has 0 radical (unpaired) electrons. The summed E-state index contributed by atoms with van der Waals surface area (Å²) in [6, 6.07) is 10.8. The van der Waals surface area contributed by atoms with E-state index in [9.17, 15) is 18.0 Å². The van der Waals surface area contributed by atoms with Crippen molar-refractivity contribution in [1.29, 1.82) is 0 Å². The molecule has 3 N–H and O–H groups in total. The van der Waals surface area contributed by atoms with Gasteiger partial charge >= 0.3 is 12.2 Å². The third kappa shape index (κ3) is 6.25. The van der Waals surface area contributed by atoms with Gasteiger partial charge in [0, 0.05) is 49.0 Å². The fraction of sp³-hybridized carbons (Fsp3) is 0.292. The van der Waals surface area contributed by atoms with Crippen molar-refractivity contribution in [2.45, 2.75) is 19.3 Å². The second-order valence-electron chi connectivity index (χ2n) is 7.82. The Morgan fingerprint density at radius 3 is 2.43 bits per heavy atom. The van der Waals surface area contributed by atoms with Crippen LogP contribution in [0.2, 0.25) is 0 Å². The molecule has 4 rings (SSSR count). The first kappa shape index (κ1) is 24.4. The third-order valence-electron chi connectivity index (χ3n) is 5.42. The number of nitrogens with zero attached hydrogens (tertiary/aromatic N) is 3. The number of nitrogens with one attached hydrogen (secondary N) is 3. The Kier molecular flexibility index (Phi) is 7.47. The van der Waals surface area contributed by atoms with Crippen LogP contribution in [0.5, 0.6) is 0 Å². The Morgan fingerprint density at radius 1 is 1.09 bits per heavy atom. The number of morpholine rings is 1. The molecule has 1 aliphatic rings. The van der Waals surface area contributed by atoms with Gasteiger partial charge in [0.05, 0.1) is 12.2 Å². The topological polar surface area (TPSA) is 91.4 Å². The van der Waals surface area contributed by atoms with Crippen molar-refractivity contribution in [3.63, 3.8) is 0 Å². The van der Waals surface area contributed by atoms with E-state index in [1.54, 1.807) is 36.7 Å². The number of benzene rings is 2. The molecule has 35 heavy (non-hydrogen) atoms. The molecule has 0 saturated carbocycles. The first-order chi connectivity index (χ1) is 16.8. The summed E-state index contributed by atoms with van der Waals surface area (Å²) in [5, 5.41) is 8.31. The number of urea groups is 1. The highest BCUT2D eigenvalue weighted by molar-refractivity contribution is 5.99. The Morgan fingerprint density at radius 2 is 1.80 bits per heavy atom. The molecular formula is C24H25F3N6O2. The molecule has 1 atom stereocenters. The number of alkyl halides is 3. The highest BCUT2D eigenvalue weighted by atomic mass is 19.4. The van der Waals surface area contributed by atoms with Gasteiger partial charge in [0.25, 0.3) is 0 Å². The summed E-state index contributed by atoms with van der Waals surface area (Å²) in [6.45, 7) is 4.89. The molecule has 184 valence electrons. The van der Waals surface area contributed by atoms with E-state index < -0.39 is 17.8 Å². The average Bonchev–Trinajstić information content (AvgIpc) is 2.86. The minimum atomic E-state index is -4.48. The number of carbonyl (C=O) groups is 1. The third-order valence-corrected chi connectivity index (χ3v) is 5.42. The monoisotopic (exact) mass is 486 g/mol. The van der Waals surface area contributed by atoms with Crippen LogP contribution >= 0.6 is 0 Å². The largest absolute Gasteiger partial charge is 0.416 e. The molecule has 1 aliphatic heterocycles. The summed E-state index contributed by atoms with van der Waals surface area (Å²) >= 11 is 0. The Balaban J connectivity index is 1.37. The number of likely N-dealkylation sites (N-methyl/N-ethyl adjacent to an activating group) is 1. The van der Waals surface area contributed by atoms with E-state index in [1.807, 2.05) is 11.8 Å². The number of anilines is 3. The van der Waals surface area contributed by atoms with Crippen LogP contribution in [0.1, 0.15) is 12.5 Å². The molecule has 8 nitrogen and oxygen atoms in total. The lowest BCUT2D eigenvalue weighted by atomic mass is 10.1. The molecule has 0 bridgehead atoms. The Bertz CT molecular complexity index is 1130. The zero-order valence-electron chi connectivity index (χ0n) is 19.0. The van der Waals surface area contributed by atoms with Gasteiger partial charge in [-0.2, -0.15) is 13.2 Å². The summed E-state index contributed by atoms with van der Waals surface area (Å²) in [6.07, 6.45) is -1.15. The molecule has 2 amide bonds. The van der Waals surface area contributed by atoms with E-state index in [0.29, 0.717) is 31.3 Å². The van der Waals surface area contributed by atoms with Crippen molar-refractivity contribution in [1.82, 2.24) is 15.3 Å². The fourth-order valence-electron chi connectivity index (χ4n) is 3.66. The Labute approximate surface area is 200 Å². The lowest BCUT2D eigenvalue weighted by Crippen LogP contribution is -2.50. The van der Waals surface area contributed by atoms with E-state index in [4.69, 9.17) is 4.74 Å². The number of halogens is 3. The van der Waals surface area contributed by atoms with Gasteiger partial charge in [0.1, 0.15) is 6.23 Å². The molecule has 3 aromatic rings. The molecule has 1 saturated heterocycles. The lowest BCUT2D eigenvalue weighted by Gasteiger charge is -2.33. The van der Waals surface area contributed by atoms with Crippen molar-refractivity contribution in [3.05, 3.63) is 66.5 Å². The van der Waals surface area contributed by atoms with Gasteiger partial charge < -0.3 is 25.6 Å². The van der Waals surface area contributed by atoms with Gasteiger partial charge in [0.15, 0.2) is 0 Å². The molecule has 2 aromatic carbocycles. The number of ether oxygens (including phenoxy) is 1. The molecule has 1 fully saturated rings. The smallest absolute Gasteiger partial charge is 0.356 e. The molecular weight excluding hydrogens is 461 g/mol. The van der Waals surface area contributed by atoms with Crippen molar-refractivity contribution in [2.75, 3.05) is 41.8 Å². The first-order valence-electron chi connectivity index (χ1n) is 11.1. The Hall–Kier alpha value is -3.70. The zero-order chi connectivity index (χ0) is 24.8. The second-order valence-corrected chi connectivity index (χ2v) is 7.82. The van der Waals surface area contributed by atoms with Crippen molar-refractivity contribution < 1.29 is 22.7 Å². The highest BCUT2D eigenvalue weighted by Gasteiger charge is 2.30. The number of aromatic nitrogens is 2. The van der Waals surface area contributed by atoms with Crippen LogP contribution in [0.4, 0.5) is 35.3 Å². The molecule has 0 aliphatic carbocycles. The predicted molar refractivity (Wildman–Crippen MR) is 127 cm³/mol. The molecule has 1 aromatic heterocycles. The van der Waals surface area contributed by atoms with Gasteiger partial charge in [-0.25, -0.2) is 14.8 Å². The van der Waals surface area contributed by atoms with Crippen LogP contribution in [-0.2, 0) is 10.9 Å². The van der Waals surface area contributed by atoms with Gasteiger partial charge in [-0.05, 0) is 42.8 Å². The van der Waals surface area contributed by atoms with E-state index >= 15 is 0 Å². The van der Waals surface area contributed by atoms with Gasteiger partial charge in [-0.3, -0.25) is 0 Å². The minimum Gasteiger partial charge on any atom is -0.356 e. The maximum absolute atomic E-state index is 12.8. The van der Waals surface area contributed by atoms with E-state index in [1.165, 1.54) is 12.1 Å². The lowest BCUT2D eigenvalue weighted by molar-refractivity contribution is -0.137. The molecule has 11 heteroatoms. The van der Waals surface area contributed by atoms with Crippen molar-refractivity contribution >= 4 is 23.4 Å². The van der Waals surface area contributed by atoms with Crippen molar-refractivity contribution in [2.24, 2.45) is 0 Å². The minimum absolute atomic E-state index is 0.0433. The van der Waals surface area contributed by atoms with Gasteiger partial charge in [-0.15, -0.1) is 0 Å². The number of hydrogen-bond donors (Lipinski definition) is 3. The van der Waals surface area contributed by atoms with E-state index in [0.717, 1.165) is 29.8 Å². The van der Waals surface area contributed by atoms with Crippen LogP contribution in [0.3, 0.4) is 0 Å². The number of hydrogen-bond acceptors (Lipinski definition) is 6. The molecule has 1 unspecified atom stereocenters. The standard InChI is InChI=1S/C24H25F3N6O2/c1-2-33(21-15-28-10-11-35-21)22-29-13-17(14-30-22)16-6-8-19(9-7-16)31-23(34)32-20-5-3-4-18(12-20)24(25,26)27/h3-9,12-14,21,28H,2,10-11,15H2,1H3,(H2,31,32,34). The maximum atomic E-state index is 12.8. The summed E-state index contributed by atoms with van der Waals surface area (Å²) in [5.41, 5.74) is 1.33. The van der Waals surface area contributed by atoms with Crippen LogP contribution in [0, 0.1) is 0 Å². The average molecular weight is 486 g/mol.